The molecule has 0 bridgehead atoms. The van der Waals surface area contributed by atoms with Crippen LogP contribution in [0.1, 0.15) is 30.2 Å². The number of aliphatic hydroxyl groups is 1. The van der Waals surface area contributed by atoms with E-state index in [1.807, 2.05) is 31.2 Å². The van der Waals surface area contributed by atoms with Crippen molar-refractivity contribution in [3.05, 3.63) is 35.5 Å². The molecule has 0 spiro atoms. The van der Waals surface area contributed by atoms with Gasteiger partial charge in [-0.25, -0.2) is 0 Å². The second-order valence-corrected chi connectivity index (χ2v) is 4.16. The van der Waals surface area contributed by atoms with Crippen LogP contribution in [0.15, 0.2) is 24.3 Å². The van der Waals surface area contributed by atoms with Gasteiger partial charge in [0.05, 0.1) is 6.10 Å². The molecule has 16 heavy (non-hydrogen) atoms. The van der Waals surface area contributed by atoms with Crippen LogP contribution >= 0.6 is 0 Å². The van der Waals surface area contributed by atoms with E-state index in [-0.39, 0.29) is 0 Å². The van der Waals surface area contributed by atoms with Gasteiger partial charge in [0, 0.05) is 22.2 Å². The Balaban J connectivity index is 2.38. The SMILES string of the molecule is Cc1[nH]c2ccccc2c1C(O)CCCN. The lowest BCUT2D eigenvalue weighted by Gasteiger charge is -2.10. The van der Waals surface area contributed by atoms with Gasteiger partial charge in [-0.1, -0.05) is 18.2 Å². The van der Waals surface area contributed by atoms with Crippen molar-refractivity contribution in [2.45, 2.75) is 25.9 Å². The molecule has 1 heterocycles. The fourth-order valence-corrected chi connectivity index (χ4v) is 2.18. The summed E-state index contributed by atoms with van der Waals surface area (Å²) >= 11 is 0. The zero-order chi connectivity index (χ0) is 11.5. The quantitative estimate of drug-likeness (QED) is 0.737. The molecule has 2 aromatic rings. The number of aliphatic hydroxyl groups excluding tert-OH is 1. The van der Waals surface area contributed by atoms with Crippen LogP contribution in [-0.4, -0.2) is 16.6 Å². The minimum atomic E-state index is -0.417. The first-order chi connectivity index (χ1) is 7.74. The van der Waals surface area contributed by atoms with Crippen LogP contribution in [0.4, 0.5) is 0 Å². The predicted octanol–water partition coefficient (Wildman–Crippen LogP) is 2.25. The van der Waals surface area contributed by atoms with Crippen molar-refractivity contribution in [3.63, 3.8) is 0 Å². The number of nitrogens with two attached hydrogens (primary N) is 1. The van der Waals surface area contributed by atoms with Crippen molar-refractivity contribution >= 4 is 10.9 Å². The molecule has 0 saturated heterocycles. The highest BCUT2D eigenvalue weighted by Gasteiger charge is 2.15. The highest BCUT2D eigenvalue weighted by molar-refractivity contribution is 5.84. The number of hydrogen-bond donors (Lipinski definition) is 3. The van der Waals surface area contributed by atoms with Crippen LogP contribution in [0.2, 0.25) is 0 Å². The van der Waals surface area contributed by atoms with Gasteiger partial charge in [0.1, 0.15) is 0 Å². The molecule has 0 aliphatic rings. The Labute approximate surface area is 95.3 Å². The summed E-state index contributed by atoms with van der Waals surface area (Å²) in [7, 11) is 0. The first-order valence-corrected chi connectivity index (χ1v) is 5.69. The molecule has 1 aromatic carbocycles. The number of benzene rings is 1. The molecule has 1 atom stereocenters. The van der Waals surface area contributed by atoms with E-state index >= 15 is 0 Å². The maximum Gasteiger partial charge on any atom is 0.0813 e. The summed E-state index contributed by atoms with van der Waals surface area (Å²) in [6, 6.07) is 8.06. The number of aryl methyl sites for hydroxylation is 1. The average molecular weight is 218 g/mol. The molecule has 0 aliphatic heterocycles. The largest absolute Gasteiger partial charge is 0.388 e. The minimum Gasteiger partial charge on any atom is -0.388 e. The molecule has 3 heteroatoms. The monoisotopic (exact) mass is 218 g/mol. The maximum absolute atomic E-state index is 10.1. The molecule has 2 rings (SSSR count). The summed E-state index contributed by atoms with van der Waals surface area (Å²) in [5, 5.41) is 11.3. The van der Waals surface area contributed by atoms with Crippen LogP contribution in [0.5, 0.6) is 0 Å². The van der Waals surface area contributed by atoms with Crippen LogP contribution in [0, 0.1) is 6.92 Å². The van der Waals surface area contributed by atoms with E-state index in [0.29, 0.717) is 6.54 Å². The molecule has 0 radical (unpaired) electrons. The summed E-state index contributed by atoms with van der Waals surface area (Å²) in [6.45, 7) is 2.62. The summed E-state index contributed by atoms with van der Waals surface area (Å²) < 4.78 is 0. The van der Waals surface area contributed by atoms with Crippen molar-refractivity contribution in [1.82, 2.24) is 4.98 Å². The van der Waals surface area contributed by atoms with E-state index in [1.165, 1.54) is 0 Å². The van der Waals surface area contributed by atoms with Gasteiger partial charge >= 0.3 is 0 Å². The Morgan fingerprint density at radius 3 is 2.88 bits per heavy atom. The molecule has 4 N–H and O–H groups in total. The highest BCUT2D eigenvalue weighted by Crippen LogP contribution is 2.29. The lowest BCUT2D eigenvalue weighted by Crippen LogP contribution is -2.04. The smallest absolute Gasteiger partial charge is 0.0813 e. The lowest BCUT2D eigenvalue weighted by molar-refractivity contribution is 0.166. The van der Waals surface area contributed by atoms with Crippen molar-refractivity contribution in [3.8, 4) is 0 Å². The van der Waals surface area contributed by atoms with Crippen LogP contribution in [-0.2, 0) is 0 Å². The first kappa shape index (κ1) is 11.2. The van der Waals surface area contributed by atoms with E-state index < -0.39 is 6.10 Å². The van der Waals surface area contributed by atoms with Gasteiger partial charge in [-0.2, -0.15) is 0 Å². The molecule has 0 saturated carbocycles. The standard InChI is InChI=1S/C13H18N2O/c1-9-13(12(16)7-4-8-14)10-5-2-3-6-11(10)15-9/h2-3,5-6,12,15-16H,4,7-8,14H2,1H3. The van der Waals surface area contributed by atoms with Gasteiger partial charge in [0.2, 0.25) is 0 Å². The van der Waals surface area contributed by atoms with Gasteiger partial charge in [0.15, 0.2) is 0 Å². The van der Waals surface area contributed by atoms with Crippen LogP contribution in [0.3, 0.4) is 0 Å². The van der Waals surface area contributed by atoms with E-state index in [4.69, 9.17) is 5.73 Å². The molecule has 86 valence electrons. The number of hydrogen-bond acceptors (Lipinski definition) is 2. The van der Waals surface area contributed by atoms with Gasteiger partial charge in [-0.3, -0.25) is 0 Å². The third-order valence-electron chi connectivity index (χ3n) is 2.96. The van der Waals surface area contributed by atoms with Crippen molar-refractivity contribution < 1.29 is 5.11 Å². The molecule has 1 unspecified atom stereocenters. The van der Waals surface area contributed by atoms with Gasteiger partial charge < -0.3 is 15.8 Å². The average Bonchev–Trinajstić information content (AvgIpc) is 2.62. The van der Waals surface area contributed by atoms with Crippen molar-refractivity contribution in [1.29, 1.82) is 0 Å². The van der Waals surface area contributed by atoms with E-state index in [1.54, 1.807) is 0 Å². The lowest BCUT2D eigenvalue weighted by atomic mass is 10.0. The Hall–Kier alpha value is -1.32. The number of aromatic nitrogens is 1. The maximum atomic E-state index is 10.1. The summed E-state index contributed by atoms with van der Waals surface area (Å²) in [5.74, 6) is 0. The fourth-order valence-electron chi connectivity index (χ4n) is 2.18. The third-order valence-corrected chi connectivity index (χ3v) is 2.96. The number of nitrogens with one attached hydrogen (secondary N) is 1. The topological polar surface area (TPSA) is 62.0 Å². The van der Waals surface area contributed by atoms with Crippen LogP contribution < -0.4 is 5.73 Å². The zero-order valence-corrected chi connectivity index (χ0v) is 9.53. The van der Waals surface area contributed by atoms with E-state index in [2.05, 4.69) is 4.98 Å². The molecule has 1 aromatic heterocycles. The van der Waals surface area contributed by atoms with Gasteiger partial charge in [-0.15, -0.1) is 0 Å². The molecular weight excluding hydrogens is 200 g/mol. The Bertz CT molecular complexity index is 476. The molecule has 0 amide bonds. The first-order valence-electron chi connectivity index (χ1n) is 5.69. The predicted molar refractivity (Wildman–Crippen MR) is 66.3 cm³/mol. The molecule has 0 aliphatic carbocycles. The number of H-pyrrole nitrogens is 1. The number of aromatic amines is 1. The zero-order valence-electron chi connectivity index (χ0n) is 9.53. The molecular formula is C13H18N2O. The van der Waals surface area contributed by atoms with Gasteiger partial charge in [0.25, 0.3) is 0 Å². The fraction of sp³-hybridized carbons (Fsp3) is 0.385. The van der Waals surface area contributed by atoms with E-state index in [0.717, 1.165) is 35.0 Å². The summed E-state index contributed by atoms with van der Waals surface area (Å²) in [4.78, 5) is 3.29. The van der Waals surface area contributed by atoms with Crippen LogP contribution in [0.25, 0.3) is 10.9 Å². The highest BCUT2D eigenvalue weighted by atomic mass is 16.3. The second-order valence-electron chi connectivity index (χ2n) is 4.16. The van der Waals surface area contributed by atoms with Gasteiger partial charge in [-0.05, 0) is 32.4 Å². The summed E-state index contributed by atoms with van der Waals surface area (Å²) in [6.07, 6.45) is 1.15. The Morgan fingerprint density at radius 2 is 2.12 bits per heavy atom. The second kappa shape index (κ2) is 4.68. The van der Waals surface area contributed by atoms with E-state index in [9.17, 15) is 5.11 Å². The molecule has 0 fully saturated rings. The van der Waals surface area contributed by atoms with Crippen molar-refractivity contribution in [2.24, 2.45) is 5.73 Å². The normalized spacial score (nSPS) is 13.2. The number of fused-ring (bicyclic) bond motifs is 1. The molecule has 3 nitrogen and oxygen atoms in total. The third kappa shape index (κ3) is 1.96. The Morgan fingerprint density at radius 1 is 1.38 bits per heavy atom. The number of rotatable bonds is 4. The number of para-hydroxylation sites is 1. The Kier molecular flexibility index (Phi) is 3.27. The summed E-state index contributed by atoms with van der Waals surface area (Å²) in [5.41, 5.74) is 8.61. The minimum absolute atomic E-state index is 0.417. The van der Waals surface area contributed by atoms with Crippen molar-refractivity contribution in [2.75, 3.05) is 6.54 Å².